The highest BCUT2D eigenvalue weighted by Gasteiger charge is 2.08. The molecule has 0 aromatic carbocycles. The summed E-state index contributed by atoms with van der Waals surface area (Å²) >= 11 is 0. The standard InChI is InChI=1S/C4H11NO3S/c1-3-9(6,7)8-4(2)5/h4H,3,5H2,1-2H3. The van der Waals surface area contributed by atoms with Crippen LogP contribution < -0.4 is 5.73 Å². The van der Waals surface area contributed by atoms with Crippen LogP contribution in [0.5, 0.6) is 0 Å². The van der Waals surface area contributed by atoms with Crippen LogP contribution in [0.4, 0.5) is 0 Å². The van der Waals surface area contributed by atoms with Gasteiger partial charge in [-0.2, -0.15) is 8.42 Å². The molecule has 5 heteroatoms. The Morgan fingerprint density at radius 3 is 2.22 bits per heavy atom. The van der Waals surface area contributed by atoms with Crippen LogP contribution in [0, 0.1) is 0 Å². The van der Waals surface area contributed by atoms with Gasteiger partial charge in [0, 0.05) is 0 Å². The summed E-state index contributed by atoms with van der Waals surface area (Å²) in [4.78, 5) is 0. The molecule has 0 aliphatic rings. The van der Waals surface area contributed by atoms with Crippen molar-refractivity contribution >= 4 is 10.1 Å². The summed E-state index contributed by atoms with van der Waals surface area (Å²) in [7, 11) is -3.34. The first-order valence-electron chi connectivity index (χ1n) is 2.64. The minimum atomic E-state index is -3.34. The van der Waals surface area contributed by atoms with Crippen molar-refractivity contribution < 1.29 is 12.6 Å². The van der Waals surface area contributed by atoms with Crippen molar-refractivity contribution in [1.29, 1.82) is 0 Å². The Labute approximate surface area is 55.1 Å². The van der Waals surface area contributed by atoms with Crippen LogP contribution in [0.15, 0.2) is 0 Å². The number of hydrogen-bond donors (Lipinski definition) is 1. The highest BCUT2D eigenvalue weighted by molar-refractivity contribution is 7.86. The molecule has 0 amide bonds. The molecular weight excluding hydrogens is 142 g/mol. The third kappa shape index (κ3) is 4.38. The van der Waals surface area contributed by atoms with Crippen molar-refractivity contribution in [1.82, 2.24) is 0 Å². The molecule has 0 aromatic rings. The summed E-state index contributed by atoms with van der Waals surface area (Å²) in [6.45, 7) is 2.96. The fourth-order valence-electron chi connectivity index (χ4n) is 0.299. The van der Waals surface area contributed by atoms with Gasteiger partial charge >= 0.3 is 0 Å². The van der Waals surface area contributed by atoms with E-state index in [2.05, 4.69) is 4.18 Å². The van der Waals surface area contributed by atoms with Gasteiger partial charge in [-0.25, -0.2) is 0 Å². The summed E-state index contributed by atoms with van der Waals surface area (Å²) in [6.07, 6.45) is -0.741. The van der Waals surface area contributed by atoms with Gasteiger partial charge < -0.3 is 5.73 Å². The molecule has 9 heavy (non-hydrogen) atoms. The minimum absolute atomic E-state index is 0.0332. The summed E-state index contributed by atoms with van der Waals surface area (Å²) in [5.41, 5.74) is 5.05. The van der Waals surface area contributed by atoms with Crippen molar-refractivity contribution in [2.45, 2.75) is 20.1 Å². The van der Waals surface area contributed by atoms with Gasteiger partial charge in [0.25, 0.3) is 10.1 Å². The molecular formula is C4H11NO3S. The molecule has 0 bridgehead atoms. The van der Waals surface area contributed by atoms with E-state index in [1.807, 2.05) is 0 Å². The zero-order valence-corrected chi connectivity index (χ0v) is 6.31. The zero-order valence-electron chi connectivity index (χ0n) is 5.49. The van der Waals surface area contributed by atoms with Gasteiger partial charge in [0.1, 0.15) is 6.23 Å². The lowest BCUT2D eigenvalue weighted by Gasteiger charge is -2.04. The predicted octanol–water partition coefficient (Wildman–Crippen LogP) is -0.343. The van der Waals surface area contributed by atoms with E-state index >= 15 is 0 Å². The van der Waals surface area contributed by atoms with Gasteiger partial charge in [-0.15, -0.1) is 0 Å². The van der Waals surface area contributed by atoms with E-state index in [4.69, 9.17) is 5.73 Å². The Bertz CT molecular complexity index is 161. The quantitative estimate of drug-likeness (QED) is 0.444. The molecule has 0 rings (SSSR count). The molecule has 0 fully saturated rings. The van der Waals surface area contributed by atoms with Crippen LogP contribution in [0.25, 0.3) is 0 Å². The van der Waals surface area contributed by atoms with Crippen molar-refractivity contribution in [2.24, 2.45) is 5.73 Å². The Morgan fingerprint density at radius 2 is 2.11 bits per heavy atom. The maximum Gasteiger partial charge on any atom is 0.268 e. The van der Waals surface area contributed by atoms with E-state index < -0.39 is 16.3 Å². The van der Waals surface area contributed by atoms with Crippen molar-refractivity contribution in [3.05, 3.63) is 0 Å². The van der Waals surface area contributed by atoms with Crippen LogP contribution in [-0.2, 0) is 14.3 Å². The molecule has 0 aliphatic carbocycles. The van der Waals surface area contributed by atoms with Gasteiger partial charge in [0.2, 0.25) is 0 Å². The molecule has 0 saturated carbocycles. The third-order valence-electron chi connectivity index (χ3n) is 0.652. The van der Waals surface area contributed by atoms with Crippen LogP contribution in [0.2, 0.25) is 0 Å². The van der Waals surface area contributed by atoms with E-state index in [0.29, 0.717) is 0 Å². The lowest BCUT2D eigenvalue weighted by molar-refractivity contribution is 0.237. The molecule has 0 saturated heterocycles. The molecule has 0 aliphatic heterocycles. The maximum atomic E-state index is 10.5. The van der Waals surface area contributed by atoms with Gasteiger partial charge in [-0.1, -0.05) is 0 Å². The van der Waals surface area contributed by atoms with Crippen LogP contribution in [0.3, 0.4) is 0 Å². The summed E-state index contributed by atoms with van der Waals surface area (Å²) in [6, 6.07) is 0. The van der Waals surface area contributed by atoms with Crippen LogP contribution >= 0.6 is 0 Å². The number of rotatable bonds is 3. The summed E-state index contributed by atoms with van der Waals surface area (Å²) in [5.74, 6) is -0.0332. The Kier molecular flexibility index (Phi) is 3.10. The average molecular weight is 153 g/mol. The van der Waals surface area contributed by atoms with Crippen molar-refractivity contribution in [2.75, 3.05) is 5.75 Å². The molecule has 0 aromatic heterocycles. The summed E-state index contributed by atoms with van der Waals surface area (Å²) < 4.78 is 25.4. The number of hydrogen-bond acceptors (Lipinski definition) is 4. The first kappa shape index (κ1) is 8.87. The largest absolute Gasteiger partial charge is 0.305 e. The molecule has 0 radical (unpaired) electrons. The minimum Gasteiger partial charge on any atom is -0.305 e. The van der Waals surface area contributed by atoms with E-state index in [1.54, 1.807) is 0 Å². The molecule has 1 unspecified atom stereocenters. The molecule has 4 nitrogen and oxygen atoms in total. The van der Waals surface area contributed by atoms with Crippen LogP contribution in [0.1, 0.15) is 13.8 Å². The smallest absolute Gasteiger partial charge is 0.268 e. The second-order valence-corrected chi connectivity index (χ2v) is 3.53. The van der Waals surface area contributed by atoms with Crippen molar-refractivity contribution in [3.8, 4) is 0 Å². The highest BCUT2D eigenvalue weighted by atomic mass is 32.2. The molecule has 56 valence electrons. The topological polar surface area (TPSA) is 69.4 Å². The van der Waals surface area contributed by atoms with Crippen molar-refractivity contribution in [3.63, 3.8) is 0 Å². The SMILES string of the molecule is CCS(=O)(=O)OC(C)N. The highest BCUT2D eigenvalue weighted by Crippen LogP contribution is 1.93. The molecule has 0 heterocycles. The van der Waals surface area contributed by atoms with Gasteiger partial charge in [-0.05, 0) is 13.8 Å². The first-order chi connectivity index (χ1) is 3.98. The third-order valence-corrected chi connectivity index (χ3v) is 1.96. The molecule has 1 atom stereocenters. The second-order valence-electron chi connectivity index (χ2n) is 1.65. The second kappa shape index (κ2) is 3.14. The Morgan fingerprint density at radius 1 is 1.67 bits per heavy atom. The lowest BCUT2D eigenvalue weighted by Crippen LogP contribution is -2.24. The fraction of sp³-hybridized carbons (Fsp3) is 1.00. The Balaban J connectivity index is 3.90. The van der Waals surface area contributed by atoms with E-state index in [9.17, 15) is 8.42 Å². The summed E-state index contributed by atoms with van der Waals surface area (Å²) in [5, 5.41) is 0. The van der Waals surface area contributed by atoms with E-state index in [-0.39, 0.29) is 5.75 Å². The number of nitrogens with two attached hydrogens (primary N) is 1. The van der Waals surface area contributed by atoms with Gasteiger partial charge in [0.15, 0.2) is 0 Å². The zero-order chi connectivity index (χ0) is 7.49. The van der Waals surface area contributed by atoms with Gasteiger partial charge in [0.05, 0.1) is 5.75 Å². The van der Waals surface area contributed by atoms with E-state index in [0.717, 1.165) is 0 Å². The molecule has 0 spiro atoms. The Hall–Kier alpha value is -0.130. The average Bonchev–Trinajstić information content (AvgIpc) is 1.63. The monoisotopic (exact) mass is 153 g/mol. The van der Waals surface area contributed by atoms with Gasteiger partial charge in [-0.3, -0.25) is 4.18 Å². The molecule has 2 N–H and O–H groups in total. The normalized spacial score (nSPS) is 15.4. The van der Waals surface area contributed by atoms with Crippen LogP contribution in [-0.4, -0.2) is 20.4 Å². The maximum absolute atomic E-state index is 10.5. The first-order valence-corrected chi connectivity index (χ1v) is 4.22. The van der Waals surface area contributed by atoms with E-state index in [1.165, 1.54) is 13.8 Å². The predicted molar refractivity (Wildman–Crippen MR) is 34.2 cm³/mol. The lowest BCUT2D eigenvalue weighted by atomic mass is 10.7. The fourth-order valence-corrected chi connectivity index (χ4v) is 0.898.